The minimum Gasteiger partial charge on any atom is -0.465 e. The zero-order valence-electron chi connectivity index (χ0n) is 10.3. The smallest absolute Gasteiger partial charge is 0.315 e. The molecule has 1 atom stereocenters. The van der Waals surface area contributed by atoms with E-state index >= 15 is 0 Å². The molecule has 0 aliphatic heterocycles. The van der Waals surface area contributed by atoms with Crippen LogP contribution in [0.1, 0.15) is 18.4 Å². The van der Waals surface area contributed by atoms with Crippen LogP contribution in [0.5, 0.6) is 0 Å². The second-order valence-electron chi connectivity index (χ2n) is 3.83. The second-order valence-corrected chi connectivity index (χ2v) is 5.84. The summed E-state index contributed by atoms with van der Waals surface area (Å²) in [6, 6.07) is 5.83. The van der Waals surface area contributed by atoms with Crippen molar-refractivity contribution in [1.29, 1.82) is 0 Å². The molecule has 0 saturated carbocycles. The fraction of sp³-hybridized carbons (Fsp3) is 0.417. The van der Waals surface area contributed by atoms with Crippen molar-refractivity contribution < 1.29 is 23.1 Å². The van der Waals surface area contributed by atoms with Crippen LogP contribution >= 0.6 is 0 Å². The maximum absolute atomic E-state index is 11.6. The molecule has 100 valence electrons. The van der Waals surface area contributed by atoms with Gasteiger partial charge in [0.25, 0.3) is 0 Å². The van der Waals surface area contributed by atoms with Crippen LogP contribution in [0.2, 0.25) is 0 Å². The van der Waals surface area contributed by atoms with Gasteiger partial charge in [-0.3, -0.25) is 4.79 Å². The van der Waals surface area contributed by atoms with Crippen LogP contribution in [0.4, 0.5) is 0 Å². The Morgan fingerprint density at radius 3 is 2.28 bits per heavy atom. The fourth-order valence-corrected chi connectivity index (χ4v) is 2.14. The van der Waals surface area contributed by atoms with Gasteiger partial charge < -0.3 is 9.84 Å². The molecule has 0 amide bonds. The highest BCUT2D eigenvalue weighted by atomic mass is 32.2. The van der Waals surface area contributed by atoms with Gasteiger partial charge in [0, 0.05) is 6.26 Å². The van der Waals surface area contributed by atoms with E-state index in [1.807, 2.05) is 0 Å². The van der Waals surface area contributed by atoms with Crippen molar-refractivity contribution in [2.24, 2.45) is 0 Å². The largest absolute Gasteiger partial charge is 0.465 e. The predicted molar refractivity (Wildman–Crippen MR) is 66.0 cm³/mol. The van der Waals surface area contributed by atoms with Crippen molar-refractivity contribution >= 4 is 15.8 Å². The van der Waals surface area contributed by atoms with Crippen LogP contribution < -0.4 is 0 Å². The molecule has 1 unspecified atom stereocenters. The Morgan fingerprint density at radius 2 is 1.89 bits per heavy atom. The van der Waals surface area contributed by atoms with Gasteiger partial charge in [0.15, 0.2) is 9.84 Å². The van der Waals surface area contributed by atoms with Crippen molar-refractivity contribution in [2.75, 3.05) is 19.5 Å². The van der Waals surface area contributed by atoms with Gasteiger partial charge in [0.2, 0.25) is 0 Å². The highest BCUT2D eigenvalue weighted by molar-refractivity contribution is 7.90. The summed E-state index contributed by atoms with van der Waals surface area (Å²) < 4.78 is 27.4. The number of esters is 1. The first-order chi connectivity index (χ1) is 8.40. The summed E-state index contributed by atoms with van der Waals surface area (Å²) in [5, 5.41) is 9.19. The van der Waals surface area contributed by atoms with E-state index in [0.717, 1.165) is 6.26 Å². The molecule has 0 spiro atoms. The van der Waals surface area contributed by atoms with E-state index in [1.165, 1.54) is 24.3 Å². The number of hydrogen-bond acceptors (Lipinski definition) is 5. The molecule has 1 N–H and O–H groups in total. The molecule has 6 heteroatoms. The van der Waals surface area contributed by atoms with E-state index in [9.17, 15) is 18.3 Å². The van der Waals surface area contributed by atoms with Gasteiger partial charge in [-0.1, -0.05) is 12.1 Å². The molecule has 1 aromatic carbocycles. The molecular formula is C12H16O5S. The lowest BCUT2D eigenvalue weighted by Gasteiger charge is -2.13. The normalized spacial score (nSPS) is 13.1. The summed E-state index contributed by atoms with van der Waals surface area (Å²) in [6.07, 6.45) is 1.11. The molecular weight excluding hydrogens is 256 g/mol. The first-order valence-electron chi connectivity index (χ1n) is 5.47. The van der Waals surface area contributed by atoms with Crippen molar-refractivity contribution in [2.45, 2.75) is 17.7 Å². The number of rotatable bonds is 5. The number of carbonyl (C=O) groups excluding carboxylic acids is 1. The zero-order valence-corrected chi connectivity index (χ0v) is 11.1. The number of sulfone groups is 1. The van der Waals surface area contributed by atoms with Crippen LogP contribution in [0.25, 0.3) is 0 Å². The molecule has 18 heavy (non-hydrogen) atoms. The van der Waals surface area contributed by atoms with Gasteiger partial charge in [-0.2, -0.15) is 0 Å². The highest BCUT2D eigenvalue weighted by Gasteiger charge is 2.21. The number of hydrogen-bond donors (Lipinski definition) is 1. The van der Waals surface area contributed by atoms with Gasteiger partial charge in [0.1, 0.15) is 5.92 Å². The van der Waals surface area contributed by atoms with Gasteiger partial charge in [-0.25, -0.2) is 8.42 Å². The Kier molecular flexibility index (Phi) is 4.86. The van der Waals surface area contributed by atoms with Crippen molar-refractivity contribution in [3.8, 4) is 0 Å². The van der Waals surface area contributed by atoms with Crippen molar-refractivity contribution in [3.63, 3.8) is 0 Å². The molecule has 0 fully saturated rings. The third-order valence-electron chi connectivity index (χ3n) is 2.46. The van der Waals surface area contributed by atoms with Gasteiger partial charge >= 0.3 is 5.97 Å². The predicted octanol–water partition coefficient (Wildman–Crippen LogP) is 0.729. The van der Waals surface area contributed by atoms with E-state index in [1.54, 1.807) is 6.92 Å². The number of carbonyl (C=O) groups is 1. The van der Waals surface area contributed by atoms with E-state index in [2.05, 4.69) is 0 Å². The van der Waals surface area contributed by atoms with Gasteiger partial charge in [-0.15, -0.1) is 0 Å². The Hall–Kier alpha value is -1.40. The van der Waals surface area contributed by atoms with Crippen LogP contribution in [0.15, 0.2) is 29.2 Å². The average molecular weight is 272 g/mol. The lowest BCUT2D eigenvalue weighted by molar-refractivity contribution is -0.145. The number of aliphatic hydroxyl groups excluding tert-OH is 1. The second kappa shape index (κ2) is 5.97. The first-order valence-corrected chi connectivity index (χ1v) is 7.36. The minimum absolute atomic E-state index is 0.173. The quantitative estimate of drug-likeness (QED) is 0.799. The molecule has 1 aromatic rings. The maximum atomic E-state index is 11.6. The zero-order chi connectivity index (χ0) is 13.8. The van der Waals surface area contributed by atoms with E-state index in [4.69, 9.17) is 4.74 Å². The minimum atomic E-state index is -3.26. The standard InChI is InChI=1S/C12H16O5S/c1-3-17-12(14)11(8-13)9-4-6-10(7-5-9)18(2,15)16/h4-7,11,13H,3,8H2,1-2H3. The third kappa shape index (κ3) is 3.54. The lowest BCUT2D eigenvalue weighted by Crippen LogP contribution is -2.19. The summed E-state index contributed by atoms with van der Waals surface area (Å²) in [6.45, 7) is 1.53. The number of benzene rings is 1. The molecule has 0 saturated heterocycles. The lowest BCUT2D eigenvalue weighted by atomic mass is 10.0. The maximum Gasteiger partial charge on any atom is 0.315 e. The van der Waals surface area contributed by atoms with E-state index in [0.29, 0.717) is 5.56 Å². The average Bonchev–Trinajstić information content (AvgIpc) is 2.30. The Balaban J connectivity index is 2.99. The molecule has 0 radical (unpaired) electrons. The molecule has 1 rings (SSSR count). The molecule has 0 aliphatic rings. The summed E-state index contributed by atoms with van der Waals surface area (Å²) in [4.78, 5) is 11.7. The molecule has 0 heterocycles. The van der Waals surface area contributed by atoms with E-state index < -0.39 is 21.7 Å². The molecule has 5 nitrogen and oxygen atoms in total. The van der Waals surface area contributed by atoms with Gasteiger partial charge in [0.05, 0.1) is 18.1 Å². The SMILES string of the molecule is CCOC(=O)C(CO)c1ccc(S(C)(=O)=O)cc1. The molecule has 0 bridgehead atoms. The summed E-state index contributed by atoms with van der Waals surface area (Å²) in [7, 11) is -3.26. The fourth-order valence-electron chi connectivity index (χ4n) is 1.51. The third-order valence-corrected chi connectivity index (χ3v) is 3.59. The highest BCUT2D eigenvalue weighted by Crippen LogP contribution is 2.19. The van der Waals surface area contributed by atoms with Crippen LogP contribution in [-0.4, -0.2) is 39.0 Å². The Morgan fingerprint density at radius 1 is 1.33 bits per heavy atom. The Bertz CT molecular complexity index is 504. The monoisotopic (exact) mass is 272 g/mol. The summed E-state index contributed by atoms with van der Waals surface area (Å²) >= 11 is 0. The summed E-state index contributed by atoms with van der Waals surface area (Å²) in [5.41, 5.74) is 0.531. The topological polar surface area (TPSA) is 80.7 Å². The molecule has 0 aliphatic carbocycles. The van der Waals surface area contributed by atoms with Crippen LogP contribution in [-0.2, 0) is 19.4 Å². The summed E-state index contributed by atoms with van der Waals surface area (Å²) in [5.74, 6) is -1.30. The van der Waals surface area contributed by atoms with Crippen molar-refractivity contribution in [1.82, 2.24) is 0 Å². The Labute approximate surface area is 106 Å². The number of aliphatic hydroxyl groups is 1. The van der Waals surface area contributed by atoms with Crippen LogP contribution in [0.3, 0.4) is 0 Å². The van der Waals surface area contributed by atoms with E-state index in [-0.39, 0.29) is 18.1 Å². The number of ether oxygens (including phenoxy) is 1. The van der Waals surface area contributed by atoms with Crippen LogP contribution in [0, 0.1) is 0 Å². The van der Waals surface area contributed by atoms with Gasteiger partial charge in [-0.05, 0) is 24.6 Å². The molecule has 0 aromatic heterocycles. The van der Waals surface area contributed by atoms with Crippen molar-refractivity contribution in [3.05, 3.63) is 29.8 Å². The first kappa shape index (κ1) is 14.7.